The van der Waals surface area contributed by atoms with Crippen LogP contribution in [0.4, 0.5) is 0 Å². The Morgan fingerprint density at radius 3 is 1.36 bits per heavy atom. The Kier molecular flexibility index (Phi) is 7.79. The van der Waals surface area contributed by atoms with E-state index in [2.05, 4.69) is 157 Å². The van der Waals surface area contributed by atoms with Crippen LogP contribution in [0.5, 0.6) is 0 Å². The zero-order chi connectivity index (χ0) is 32.8. The third-order valence-corrected chi connectivity index (χ3v) is 9.83. The Morgan fingerprint density at radius 1 is 0.447 bits per heavy atom. The van der Waals surface area contributed by atoms with Gasteiger partial charge in [0.15, 0.2) is 0 Å². The van der Waals surface area contributed by atoms with Crippen LogP contribution in [0.2, 0.25) is 0 Å². The lowest BCUT2D eigenvalue weighted by Crippen LogP contribution is -2.56. The summed E-state index contributed by atoms with van der Waals surface area (Å²) in [7, 11) is 0. The molecule has 0 aliphatic heterocycles. The zero-order valence-electron chi connectivity index (χ0n) is 28.1. The van der Waals surface area contributed by atoms with Gasteiger partial charge in [0.25, 0.3) is 0 Å². The summed E-state index contributed by atoms with van der Waals surface area (Å²) in [5, 5.41) is 15.2. The fourth-order valence-electron chi connectivity index (χ4n) is 8.15. The maximum absolute atomic E-state index is 10.4. The first-order valence-corrected chi connectivity index (χ1v) is 16.5. The molecular weight excluding hydrogens is 565 g/mol. The highest BCUT2D eigenvalue weighted by molar-refractivity contribution is 6.99. The van der Waals surface area contributed by atoms with Crippen molar-refractivity contribution in [2.24, 2.45) is 0 Å². The monoisotopic (exact) mass is 603 g/mol. The third kappa shape index (κ3) is 5.23. The van der Waals surface area contributed by atoms with Crippen molar-refractivity contribution in [2.45, 2.75) is 41.5 Å². The highest BCUT2D eigenvalue weighted by atomic mass is 14.3. The molecule has 0 aliphatic carbocycles. The molecule has 0 saturated heterocycles. The molecule has 0 saturated carbocycles. The van der Waals surface area contributed by atoms with E-state index in [-0.39, 0.29) is 6.71 Å². The van der Waals surface area contributed by atoms with Crippen molar-refractivity contribution in [3.63, 3.8) is 0 Å². The highest BCUT2D eigenvalue weighted by Crippen LogP contribution is 2.39. The third-order valence-electron chi connectivity index (χ3n) is 9.83. The van der Waals surface area contributed by atoms with E-state index in [1.807, 2.05) is 12.1 Å². The van der Waals surface area contributed by atoms with E-state index in [1.54, 1.807) is 0 Å². The second-order valence-corrected chi connectivity index (χ2v) is 13.2. The number of nitriles is 1. The van der Waals surface area contributed by atoms with Crippen molar-refractivity contribution < 1.29 is 0 Å². The number of hydrogen-bond donors (Lipinski definition) is 0. The van der Waals surface area contributed by atoms with Crippen LogP contribution in [0.3, 0.4) is 0 Å². The summed E-state index contributed by atoms with van der Waals surface area (Å²) in [6.45, 7) is 13.5. The first-order valence-electron chi connectivity index (χ1n) is 16.5. The molecule has 7 aromatic carbocycles. The standard InChI is InChI=1S/C45H38BN/c1-28-22-30(3)43(31(4)23-28)46(44-32(5)24-29(2)25-33(44)6)45-39-18-12-10-16-37(39)42(38-17-11-13-19-40(38)45)41-26-35(20-21-36(41)27-47)34-14-8-7-9-15-34/h7-26H,1-6H3. The van der Waals surface area contributed by atoms with Gasteiger partial charge in [0.1, 0.15) is 0 Å². The summed E-state index contributed by atoms with van der Waals surface area (Å²) in [6.07, 6.45) is 0. The number of benzene rings is 7. The number of hydrogen-bond acceptors (Lipinski definition) is 1. The SMILES string of the molecule is Cc1cc(C)c(B(c2c(C)cc(C)cc2C)c2c3ccccc3c(-c3cc(-c4ccccc4)ccc3C#N)c3ccccc23)c(C)c1. The minimum absolute atomic E-state index is 0.0196. The van der Waals surface area contributed by atoms with Crippen molar-refractivity contribution in [1.29, 1.82) is 5.26 Å². The fourth-order valence-corrected chi connectivity index (χ4v) is 8.15. The predicted molar refractivity (Wildman–Crippen MR) is 203 cm³/mol. The van der Waals surface area contributed by atoms with Crippen LogP contribution in [-0.4, -0.2) is 6.71 Å². The molecule has 7 aromatic rings. The van der Waals surface area contributed by atoms with Gasteiger partial charge in [-0.25, -0.2) is 0 Å². The van der Waals surface area contributed by atoms with Crippen LogP contribution in [0.1, 0.15) is 38.9 Å². The lowest BCUT2D eigenvalue weighted by molar-refractivity contribution is 1.34. The van der Waals surface area contributed by atoms with Gasteiger partial charge in [0.05, 0.1) is 11.6 Å². The number of rotatable bonds is 5. The Labute approximate surface area is 279 Å². The molecule has 0 spiro atoms. The Morgan fingerprint density at radius 2 is 0.894 bits per heavy atom. The maximum Gasteiger partial charge on any atom is 0.244 e. The molecule has 0 aromatic heterocycles. The van der Waals surface area contributed by atoms with Gasteiger partial charge < -0.3 is 0 Å². The first-order chi connectivity index (χ1) is 22.8. The van der Waals surface area contributed by atoms with Gasteiger partial charge in [0.2, 0.25) is 6.71 Å². The van der Waals surface area contributed by atoms with Crippen molar-refractivity contribution in [3.8, 4) is 28.3 Å². The predicted octanol–water partition coefficient (Wildman–Crippen LogP) is 9.57. The van der Waals surface area contributed by atoms with Gasteiger partial charge in [-0.05, 0) is 91.9 Å². The molecular formula is C45H38BN. The van der Waals surface area contributed by atoms with E-state index in [1.165, 1.54) is 60.5 Å². The highest BCUT2D eigenvalue weighted by Gasteiger charge is 2.32. The summed E-state index contributed by atoms with van der Waals surface area (Å²) in [5.41, 5.74) is 16.9. The van der Waals surface area contributed by atoms with Crippen LogP contribution >= 0.6 is 0 Å². The normalized spacial score (nSPS) is 11.2. The van der Waals surface area contributed by atoms with Gasteiger partial charge >= 0.3 is 0 Å². The van der Waals surface area contributed by atoms with Gasteiger partial charge in [-0.3, -0.25) is 0 Å². The summed E-state index contributed by atoms with van der Waals surface area (Å²) >= 11 is 0. The average molecular weight is 604 g/mol. The van der Waals surface area contributed by atoms with E-state index in [4.69, 9.17) is 0 Å². The molecule has 0 radical (unpaired) electrons. The minimum atomic E-state index is 0.0196. The van der Waals surface area contributed by atoms with Crippen LogP contribution in [0.25, 0.3) is 43.8 Å². The van der Waals surface area contributed by atoms with E-state index in [0.717, 1.165) is 33.0 Å². The van der Waals surface area contributed by atoms with E-state index in [9.17, 15) is 5.26 Å². The topological polar surface area (TPSA) is 23.8 Å². The summed E-state index contributed by atoms with van der Waals surface area (Å²) < 4.78 is 0. The number of aryl methyl sites for hydroxylation is 6. The number of nitrogens with zero attached hydrogens (tertiary/aromatic N) is 1. The minimum Gasteiger partial charge on any atom is -0.192 e. The van der Waals surface area contributed by atoms with E-state index in [0.29, 0.717) is 5.56 Å². The van der Waals surface area contributed by atoms with Crippen molar-refractivity contribution >= 4 is 44.6 Å². The summed E-state index contributed by atoms with van der Waals surface area (Å²) in [4.78, 5) is 0. The molecule has 0 fully saturated rings. The Bertz CT molecular complexity index is 2220. The van der Waals surface area contributed by atoms with Crippen LogP contribution in [0, 0.1) is 52.9 Å². The molecule has 2 heteroatoms. The molecule has 0 N–H and O–H groups in total. The molecule has 0 aliphatic rings. The van der Waals surface area contributed by atoms with E-state index >= 15 is 0 Å². The molecule has 0 unspecified atom stereocenters. The first kappa shape index (κ1) is 30.3. The molecule has 0 heterocycles. The van der Waals surface area contributed by atoms with E-state index < -0.39 is 0 Å². The molecule has 0 amide bonds. The molecule has 1 nitrogen and oxygen atoms in total. The second-order valence-electron chi connectivity index (χ2n) is 13.2. The zero-order valence-corrected chi connectivity index (χ0v) is 28.1. The number of fused-ring (bicyclic) bond motifs is 2. The quantitative estimate of drug-likeness (QED) is 0.142. The van der Waals surface area contributed by atoms with Crippen LogP contribution < -0.4 is 16.4 Å². The van der Waals surface area contributed by atoms with Gasteiger partial charge in [0, 0.05) is 5.56 Å². The van der Waals surface area contributed by atoms with Crippen LogP contribution in [0.15, 0.2) is 121 Å². The average Bonchev–Trinajstić information content (AvgIpc) is 3.06. The Hall–Kier alpha value is -5.39. The second kappa shape index (κ2) is 12.1. The molecule has 0 bridgehead atoms. The largest absolute Gasteiger partial charge is 0.244 e. The molecule has 7 rings (SSSR count). The van der Waals surface area contributed by atoms with Gasteiger partial charge in [-0.1, -0.05) is 159 Å². The fraction of sp³-hybridized carbons (Fsp3) is 0.133. The smallest absolute Gasteiger partial charge is 0.192 e. The molecule has 47 heavy (non-hydrogen) atoms. The van der Waals surface area contributed by atoms with Crippen LogP contribution in [-0.2, 0) is 0 Å². The van der Waals surface area contributed by atoms with Gasteiger partial charge in [-0.15, -0.1) is 0 Å². The summed E-state index contributed by atoms with van der Waals surface area (Å²) in [6, 6.07) is 46.2. The maximum atomic E-state index is 10.4. The molecule has 0 atom stereocenters. The van der Waals surface area contributed by atoms with Gasteiger partial charge in [-0.2, -0.15) is 5.26 Å². The van der Waals surface area contributed by atoms with Crippen molar-refractivity contribution in [3.05, 3.63) is 160 Å². The summed E-state index contributed by atoms with van der Waals surface area (Å²) in [5.74, 6) is 0. The lowest BCUT2D eigenvalue weighted by atomic mass is 9.33. The Balaban J connectivity index is 1.65. The van der Waals surface area contributed by atoms with Crippen molar-refractivity contribution in [2.75, 3.05) is 0 Å². The van der Waals surface area contributed by atoms with Crippen molar-refractivity contribution in [1.82, 2.24) is 0 Å². The molecule has 226 valence electrons. The lowest BCUT2D eigenvalue weighted by Gasteiger charge is -2.28.